The Balaban J connectivity index is 1.41. The van der Waals surface area contributed by atoms with E-state index in [1.807, 2.05) is 49.4 Å². The molecule has 2 aromatic heterocycles. The van der Waals surface area contributed by atoms with E-state index in [0.29, 0.717) is 36.5 Å². The van der Waals surface area contributed by atoms with Crippen molar-refractivity contribution in [2.75, 3.05) is 7.05 Å². The zero-order valence-electron chi connectivity index (χ0n) is 20.9. The van der Waals surface area contributed by atoms with E-state index in [1.54, 1.807) is 25.0 Å². The molecular weight excluding hydrogens is 460 g/mol. The van der Waals surface area contributed by atoms with Gasteiger partial charge >= 0.3 is 12.1 Å². The molecule has 1 unspecified atom stereocenters. The van der Waals surface area contributed by atoms with Crippen LogP contribution in [0.15, 0.2) is 48.7 Å². The second-order valence-electron chi connectivity index (χ2n) is 9.25. The summed E-state index contributed by atoms with van der Waals surface area (Å²) >= 11 is 0. The molecule has 0 aliphatic heterocycles. The zero-order valence-corrected chi connectivity index (χ0v) is 20.9. The summed E-state index contributed by atoms with van der Waals surface area (Å²) in [6.45, 7) is 2.38. The predicted molar refractivity (Wildman–Crippen MR) is 133 cm³/mol. The highest BCUT2D eigenvalue weighted by molar-refractivity contribution is 5.70. The topological polar surface area (TPSA) is 107 Å². The summed E-state index contributed by atoms with van der Waals surface area (Å²) in [4.78, 5) is 30.2. The third-order valence-electron chi connectivity index (χ3n) is 6.55. The lowest BCUT2D eigenvalue weighted by molar-refractivity contribution is -0.143. The van der Waals surface area contributed by atoms with Gasteiger partial charge in [-0.05, 0) is 50.3 Å². The summed E-state index contributed by atoms with van der Waals surface area (Å²) in [5, 5.41) is 13.7. The minimum atomic E-state index is -0.760. The van der Waals surface area contributed by atoms with Crippen LogP contribution < -0.4 is 4.74 Å². The molecule has 4 rings (SSSR count). The van der Waals surface area contributed by atoms with Crippen LogP contribution in [0.5, 0.6) is 5.75 Å². The normalized spacial score (nSPS) is 17.4. The fourth-order valence-electron chi connectivity index (χ4n) is 4.49. The third-order valence-corrected chi connectivity index (χ3v) is 6.55. The van der Waals surface area contributed by atoms with Crippen LogP contribution in [0.4, 0.5) is 4.79 Å². The van der Waals surface area contributed by atoms with E-state index < -0.39 is 12.1 Å². The average Bonchev–Trinajstić information content (AvgIpc) is 3.24. The van der Waals surface area contributed by atoms with E-state index >= 15 is 0 Å². The quantitative estimate of drug-likeness (QED) is 0.490. The lowest BCUT2D eigenvalue weighted by Crippen LogP contribution is -2.29. The Morgan fingerprint density at radius 3 is 2.67 bits per heavy atom. The average molecular weight is 493 g/mol. The van der Waals surface area contributed by atoms with Gasteiger partial charge in [0.2, 0.25) is 0 Å². The Kier molecular flexibility index (Phi) is 7.87. The van der Waals surface area contributed by atoms with Gasteiger partial charge in [-0.15, -0.1) is 0 Å². The molecule has 1 N–H and O–H groups in total. The van der Waals surface area contributed by atoms with Gasteiger partial charge in [0.05, 0.1) is 35.3 Å². The molecule has 1 amide bonds. The minimum Gasteiger partial charge on any atom is -0.489 e. The Labute approximate surface area is 210 Å². The van der Waals surface area contributed by atoms with E-state index in [4.69, 9.17) is 14.5 Å². The van der Waals surface area contributed by atoms with Crippen molar-refractivity contribution in [3.8, 4) is 17.0 Å². The molecule has 2 atom stereocenters. The fraction of sp³-hybridized carbons (Fsp3) is 0.407. The van der Waals surface area contributed by atoms with Gasteiger partial charge in [-0.3, -0.25) is 9.48 Å². The maximum atomic E-state index is 12.6. The number of ether oxygens (including phenoxy) is 2. The molecule has 0 spiro atoms. The number of pyridine rings is 1. The molecule has 1 saturated carbocycles. The number of aromatic nitrogens is 3. The van der Waals surface area contributed by atoms with Gasteiger partial charge in [0.15, 0.2) is 0 Å². The monoisotopic (exact) mass is 492 g/mol. The van der Waals surface area contributed by atoms with E-state index in [2.05, 4.69) is 5.10 Å². The van der Waals surface area contributed by atoms with Crippen molar-refractivity contribution in [1.82, 2.24) is 19.7 Å². The highest BCUT2D eigenvalue weighted by Crippen LogP contribution is 2.31. The van der Waals surface area contributed by atoms with Gasteiger partial charge in [0.25, 0.3) is 0 Å². The number of nitrogens with zero attached hydrogens (tertiary/aromatic N) is 4. The van der Waals surface area contributed by atoms with Crippen molar-refractivity contribution in [3.05, 3.63) is 65.6 Å². The predicted octanol–water partition coefficient (Wildman–Crippen LogP) is 4.58. The SMILES string of the molecule is Cc1nc(-c2cnn(C)c2COC(=O)N(C)Cc2ccccc2)ccc1O[C@H]1CCCC(C(=O)O)C1. The molecule has 1 fully saturated rings. The first-order valence-electron chi connectivity index (χ1n) is 12.1. The maximum Gasteiger partial charge on any atom is 0.410 e. The van der Waals surface area contributed by atoms with Crippen LogP contribution in [0.3, 0.4) is 0 Å². The summed E-state index contributed by atoms with van der Waals surface area (Å²) in [5.41, 5.74) is 3.93. The van der Waals surface area contributed by atoms with E-state index in [1.165, 1.54) is 4.90 Å². The lowest BCUT2D eigenvalue weighted by atomic mass is 9.87. The second-order valence-corrected chi connectivity index (χ2v) is 9.25. The molecule has 0 saturated heterocycles. The molecule has 9 nitrogen and oxygen atoms in total. The molecule has 1 aliphatic carbocycles. The Morgan fingerprint density at radius 1 is 1.17 bits per heavy atom. The Hall–Kier alpha value is -3.88. The van der Waals surface area contributed by atoms with Crippen LogP contribution >= 0.6 is 0 Å². The van der Waals surface area contributed by atoms with Crippen molar-refractivity contribution >= 4 is 12.1 Å². The van der Waals surface area contributed by atoms with Crippen molar-refractivity contribution in [2.45, 2.75) is 51.9 Å². The number of hydrogen-bond donors (Lipinski definition) is 1. The molecule has 1 aromatic carbocycles. The summed E-state index contributed by atoms with van der Waals surface area (Å²) in [6.07, 6.45) is 4.03. The zero-order chi connectivity index (χ0) is 25.7. The molecule has 0 radical (unpaired) electrons. The van der Waals surface area contributed by atoms with Crippen molar-refractivity contribution in [2.24, 2.45) is 13.0 Å². The maximum absolute atomic E-state index is 12.6. The molecule has 190 valence electrons. The van der Waals surface area contributed by atoms with Crippen molar-refractivity contribution in [3.63, 3.8) is 0 Å². The van der Waals surface area contributed by atoms with E-state index in [9.17, 15) is 14.7 Å². The molecule has 0 bridgehead atoms. The summed E-state index contributed by atoms with van der Waals surface area (Å²) in [6, 6.07) is 13.4. The number of aliphatic carboxylic acids is 1. The number of benzene rings is 1. The number of amides is 1. The number of carbonyl (C=O) groups is 2. The molecule has 2 heterocycles. The number of carboxylic acids is 1. The smallest absolute Gasteiger partial charge is 0.410 e. The van der Waals surface area contributed by atoms with Gasteiger partial charge in [-0.2, -0.15) is 5.10 Å². The number of rotatable bonds is 8. The Morgan fingerprint density at radius 2 is 1.94 bits per heavy atom. The van der Waals surface area contributed by atoms with Crippen LogP contribution in [-0.4, -0.2) is 50.0 Å². The third kappa shape index (κ3) is 6.02. The van der Waals surface area contributed by atoms with E-state index in [-0.39, 0.29) is 18.6 Å². The van der Waals surface area contributed by atoms with Crippen molar-refractivity contribution in [1.29, 1.82) is 0 Å². The number of carbonyl (C=O) groups excluding carboxylic acids is 1. The largest absolute Gasteiger partial charge is 0.489 e. The number of carboxylic acid groups (broad SMARTS) is 1. The first-order valence-corrected chi connectivity index (χ1v) is 12.1. The van der Waals surface area contributed by atoms with Crippen molar-refractivity contribution < 1.29 is 24.2 Å². The highest BCUT2D eigenvalue weighted by Gasteiger charge is 2.28. The minimum absolute atomic E-state index is 0.0570. The Bertz CT molecular complexity index is 1210. The van der Waals surface area contributed by atoms with E-state index in [0.717, 1.165) is 29.7 Å². The molecule has 1 aliphatic rings. The lowest BCUT2D eigenvalue weighted by Gasteiger charge is -2.27. The molecule has 9 heteroatoms. The first-order chi connectivity index (χ1) is 17.3. The van der Waals surface area contributed by atoms with Crippen LogP contribution in [-0.2, 0) is 29.7 Å². The summed E-state index contributed by atoms with van der Waals surface area (Å²) in [5.74, 6) is -0.470. The van der Waals surface area contributed by atoms with Crippen LogP contribution in [0.2, 0.25) is 0 Å². The van der Waals surface area contributed by atoms with Gasteiger partial charge < -0.3 is 19.5 Å². The van der Waals surface area contributed by atoms with Crippen LogP contribution in [0.1, 0.15) is 42.6 Å². The van der Waals surface area contributed by atoms with Gasteiger partial charge in [-0.1, -0.05) is 30.3 Å². The molecular formula is C27H32N4O5. The van der Waals surface area contributed by atoms with Gasteiger partial charge in [-0.25, -0.2) is 9.78 Å². The highest BCUT2D eigenvalue weighted by atomic mass is 16.6. The first kappa shape index (κ1) is 25.2. The fourth-order valence-corrected chi connectivity index (χ4v) is 4.49. The van der Waals surface area contributed by atoms with Crippen LogP contribution in [0, 0.1) is 12.8 Å². The molecule has 3 aromatic rings. The summed E-state index contributed by atoms with van der Waals surface area (Å²) in [7, 11) is 3.50. The van der Waals surface area contributed by atoms with Crippen LogP contribution in [0.25, 0.3) is 11.3 Å². The van der Waals surface area contributed by atoms with Gasteiger partial charge in [0, 0.05) is 26.2 Å². The van der Waals surface area contributed by atoms with Gasteiger partial charge in [0.1, 0.15) is 12.4 Å². The number of aryl methyl sites for hydroxylation is 2. The summed E-state index contributed by atoms with van der Waals surface area (Å²) < 4.78 is 13.4. The molecule has 36 heavy (non-hydrogen) atoms. The standard InChI is InChI=1S/C27H32N4O5/c1-18-25(36-21-11-7-10-20(14-21)26(32)33)13-12-23(29-18)22-15-28-31(3)24(22)17-35-27(34)30(2)16-19-8-5-4-6-9-19/h4-6,8-9,12-13,15,20-21H,7,10-11,14,16-17H2,1-3H3,(H,32,33)/t20?,21-/m0/s1. The number of hydrogen-bond acceptors (Lipinski definition) is 6. The second kappa shape index (κ2) is 11.2.